The lowest BCUT2D eigenvalue weighted by Gasteiger charge is -2.33. The Bertz CT molecular complexity index is 970. The first-order valence-electron chi connectivity index (χ1n) is 9.18. The van der Waals surface area contributed by atoms with Crippen LogP contribution in [0.2, 0.25) is 0 Å². The molecule has 5 nitrogen and oxygen atoms in total. The van der Waals surface area contributed by atoms with Crippen molar-refractivity contribution in [2.45, 2.75) is 25.1 Å². The molecule has 2 heterocycles. The molecule has 0 bridgehead atoms. The predicted octanol–water partition coefficient (Wildman–Crippen LogP) is 4.25. The number of amides is 1. The van der Waals surface area contributed by atoms with Crippen molar-refractivity contribution in [3.8, 4) is 0 Å². The van der Waals surface area contributed by atoms with Crippen molar-refractivity contribution in [2.75, 3.05) is 6.61 Å². The van der Waals surface area contributed by atoms with Crippen molar-refractivity contribution in [1.29, 1.82) is 0 Å². The van der Waals surface area contributed by atoms with E-state index in [-0.39, 0.29) is 17.8 Å². The van der Waals surface area contributed by atoms with Gasteiger partial charge in [-0.2, -0.15) is 0 Å². The lowest BCUT2D eigenvalue weighted by Crippen LogP contribution is -2.40. The lowest BCUT2D eigenvalue weighted by molar-refractivity contribution is -0.139. The Labute approximate surface area is 168 Å². The molecular weight excluding hydrogens is 372 g/mol. The van der Waals surface area contributed by atoms with Gasteiger partial charge in [0, 0.05) is 0 Å². The molecule has 6 heteroatoms. The molecule has 142 valence electrons. The number of carbonyl (C=O) groups excluding carboxylic acids is 2. The first kappa shape index (κ1) is 18.5. The molecule has 2 aromatic carbocycles. The molecule has 4 rings (SSSR count). The molecule has 2 atom stereocenters. The van der Waals surface area contributed by atoms with Crippen molar-refractivity contribution in [2.24, 2.45) is 4.99 Å². The zero-order valence-corrected chi connectivity index (χ0v) is 16.5. The molecule has 0 aromatic heterocycles. The number of nitrogens with zero attached hydrogens (tertiary/aromatic N) is 2. The Kier molecular flexibility index (Phi) is 5.05. The number of thioether (sulfide) groups is 1. The predicted molar refractivity (Wildman–Crippen MR) is 110 cm³/mol. The minimum atomic E-state index is -0.540. The number of fused-ring (bicyclic) bond motifs is 1. The van der Waals surface area contributed by atoms with E-state index in [9.17, 15) is 9.59 Å². The van der Waals surface area contributed by atoms with Crippen LogP contribution in [0.5, 0.6) is 0 Å². The van der Waals surface area contributed by atoms with Crippen molar-refractivity contribution in [1.82, 2.24) is 4.90 Å². The molecule has 2 aliphatic heterocycles. The molecule has 0 radical (unpaired) electrons. The molecule has 28 heavy (non-hydrogen) atoms. The van der Waals surface area contributed by atoms with Gasteiger partial charge >= 0.3 is 5.97 Å². The molecule has 0 N–H and O–H groups in total. The minimum Gasteiger partial charge on any atom is -0.463 e. The van der Waals surface area contributed by atoms with Gasteiger partial charge < -0.3 is 4.74 Å². The largest absolute Gasteiger partial charge is 0.463 e. The highest BCUT2D eigenvalue weighted by molar-refractivity contribution is 8.15. The first-order valence-corrected chi connectivity index (χ1v) is 10.1. The molecule has 2 aromatic rings. The van der Waals surface area contributed by atoms with Gasteiger partial charge in [-0.05, 0) is 25.0 Å². The van der Waals surface area contributed by atoms with Crippen LogP contribution in [-0.2, 0) is 14.3 Å². The van der Waals surface area contributed by atoms with Gasteiger partial charge in [-0.1, -0.05) is 72.4 Å². The Morgan fingerprint density at radius 2 is 1.68 bits per heavy atom. The number of allylic oxidation sites excluding steroid dienone is 1. The Morgan fingerprint density at radius 3 is 2.29 bits per heavy atom. The van der Waals surface area contributed by atoms with Crippen LogP contribution >= 0.6 is 11.8 Å². The number of esters is 1. The Hall–Kier alpha value is -2.86. The molecule has 2 aliphatic rings. The highest BCUT2D eigenvalue weighted by Crippen LogP contribution is 2.48. The van der Waals surface area contributed by atoms with E-state index < -0.39 is 12.0 Å². The van der Waals surface area contributed by atoms with Gasteiger partial charge in [-0.15, -0.1) is 0 Å². The molecule has 0 spiro atoms. The van der Waals surface area contributed by atoms with Crippen LogP contribution in [0.1, 0.15) is 36.3 Å². The van der Waals surface area contributed by atoms with Gasteiger partial charge in [0.25, 0.3) is 0 Å². The molecule has 1 fully saturated rings. The summed E-state index contributed by atoms with van der Waals surface area (Å²) in [4.78, 5) is 32.4. The third kappa shape index (κ3) is 3.14. The average molecular weight is 392 g/mol. The zero-order chi connectivity index (χ0) is 19.7. The quantitative estimate of drug-likeness (QED) is 0.730. The third-order valence-electron chi connectivity index (χ3n) is 4.79. The fourth-order valence-corrected chi connectivity index (χ4v) is 4.76. The third-order valence-corrected chi connectivity index (χ3v) is 6.00. The van der Waals surface area contributed by atoms with E-state index in [1.807, 2.05) is 60.7 Å². The summed E-state index contributed by atoms with van der Waals surface area (Å²) >= 11 is 1.43. The first-order chi connectivity index (χ1) is 13.6. The summed E-state index contributed by atoms with van der Waals surface area (Å²) in [6.45, 7) is 3.83. The average Bonchev–Trinajstić information content (AvgIpc) is 3.04. The second-order valence-corrected chi connectivity index (χ2v) is 7.62. The van der Waals surface area contributed by atoms with E-state index in [0.717, 1.165) is 11.1 Å². The second-order valence-electron chi connectivity index (χ2n) is 6.54. The maximum absolute atomic E-state index is 13.4. The topological polar surface area (TPSA) is 59.0 Å². The monoisotopic (exact) mass is 392 g/mol. The van der Waals surface area contributed by atoms with E-state index in [1.54, 1.807) is 18.7 Å². The normalized spacial score (nSPS) is 21.4. The van der Waals surface area contributed by atoms with E-state index in [0.29, 0.717) is 16.4 Å². The number of carbonyl (C=O) groups is 2. The van der Waals surface area contributed by atoms with E-state index in [2.05, 4.69) is 4.99 Å². The summed E-state index contributed by atoms with van der Waals surface area (Å²) in [5.74, 6) is -0.504. The van der Waals surface area contributed by atoms with Crippen LogP contribution in [-0.4, -0.2) is 28.6 Å². The lowest BCUT2D eigenvalue weighted by atomic mass is 9.94. The van der Waals surface area contributed by atoms with E-state index in [4.69, 9.17) is 4.74 Å². The van der Waals surface area contributed by atoms with Crippen molar-refractivity contribution in [3.05, 3.63) is 83.1 Å². The molecule has 0 saturated carbocycles. The summed E-state index contributed by atoms with van der Waals surface area (Å²) in [6, 6.07) is 18.7. The van der Waals surface area contributed by atoms with Crippen molar-refractivity contribution >= 4 is 28.8 Å². The second kappa shape index (κ2) is 7.64. The van der Waals surface area contributed by atoms with Crippen LogP contribution in [0.3, 0.4) is 0 Å². The van der Waals surface area contributed by atoms with Gasteiger partial charge in [-0.3, -0.25) is 9.69 Å². The van der Waals surface area contributed by atoms with Gasteiger partial charge in [0.15, 0.2) is 5.17 Å². The van der Waals surface area contributed by atoms with E-state index >= 15 is 0 Å². The number of hydrogen-bond donors (Lipinski definition) is 0. The van der Waals surface area contributed by atoms with E-state index in [1.165, 1.54) is 11.8 Å². The minimum absolute atomic E-state index is 0.0712. The van der Waals surface area contributed by atoms with Crippen molar-refractivity contribution in [3.63, 3.8) is 0 Å². The Balaban J connectivity index is 1.81. The van der Waals surface area contributed by atoms with Crippen LogP contribution in [0, 0.1) is 0 Å². The standard InChI is InChI=1S/C22H20N2O3S/c1-3-27-21(26)17-14(2)23-22-24(18(17)15-10-6-4-7-11-15)20(25)19(28-22)16-12-8-5-9-13-16/h4-13,18-19H,3H2,1-2H3/t18-,19-/m0/s1. The van der Waals surface area contributed by atoms with Crippen LogP contribution in [0.4, 0.5) is 0 Å². The smallest absolute Gasteiger partial charge is 0.338 e. The fourth-order valence-electron chi connectivity index (χ4n) is 3.54. The van der Waals surface area contributed by atoms with Crippen LogP contribution in [0.15, 0.2) is 76.9 Å². The summed E-state index contributed by atoms with van der Waals surface area (Å²) in [6.07, 6.45) is 0. The summed E-state index contributed by atoms with van der Waals surface area (Å²) in [5, 5.41) is 0.249. The van der Waals surface area contributed by atoms with Crippen LogP contribution < -0.4 is 0 Å². The summed E-state index contributed by atoms with van der Waals surface area (Å²) in [5.41, 5.74) is 2.80. The number of amidine groups is 1. The van der Waals surface area contributed by atoms with Gasteiger partial charge in [-0.25, -0.2) is 9.79 Å². The molecule has 1 amide bonds. The highest BCUT2D eigenvalue weighted by atomic mass is 32.2. The number of hydrogen-bond acceptors (Lipinski definition) is 5. The maximum atomic E-state index is 13.4. The van der Waals surface area contributed by atoms with Gasteiger partial charge in [0.2, 0.25) is 5.91 Å². The van der Waals surface area contributed by atoms with Gasteiger partial charge in [0.05, 0.1) is 23.9 Å². The molecular formula is C22H20N2O3S. The summed E-state index contributed by atoms with van der Waals surface area (Å²) in [7, 11) is 0. The van der Waals surface area contributed by atoms with Crippen LogP contribution in [0.25, 0.3) is 0 Å². The molecule has 0 aliphatic carbocycles. The Morgan fingerprint density at radius 1 is 1.07 bits per heavy atom. The number of rotatable bonds is 4. The SMILES string of the molecule is CCOC(=O)C1=C(C)N=C2S[C@@H](c3ccccc3)C(=O)N2[C@H]1c1ccccc1. The summed E-state index contributed by atoms with van der Waals surface area (Å²) < 4.78 is 5.29. The van der Waals surface area contributed by atoms with Gasteiger partial charge in [0.1, 0.15) is 5.25 Å². The highest BCUT2D eigenvalue weighted by Gasteiger charge is 2.48. The fraction of sp³-hybridized carbons (Fsp3) is 0.227. The number of benzene rings is 2. The maximum Gasteiger partial charge on any atom is 0.338 e. The van der Waals surface area contributed by atoms with Crippen molar-refractivity contribution < 1.29 is 14.3 Å². The molecule has 1 saturated heterocycles. The number of ether oxygens (including phenoxy) is 1. The molecule has 0 unspecified atom stereocenters. The number of aliphatic imine (C=N–C) groups is 1. The zero-order valence-electron chi connectivity index (χ0n) is 15.7.